The lowest BCUT2D eigenvalue weighted by atomic mass is 9.44. The van der Waals surface area contributed by atoms with E-state index in [4.69, 9.17) is 4.74 Å². The molecule has 0 aromatic heterocycles. The molecule has 3 aliphatic heterocycles. The molecule has 0 aromatic carbocycles. The SMILES string of the molecule is COC[C@]12CC[C@@H](O)C[C@@H]1CC[C@@H]1C2CC[C@]2(C)[C@@H](C(=O)CN3C4CC[N@@]3C4)CC[C@@H]12. The van der Waals surface area contributed by atoms with Crippen LogP contribution in [-0.2, 0) is 9.53 Å². The number of Topliss-reactive ketones (excluding diaryl/α,β-unsaturated/α-hetero) is 1. The molecule has 3 saturated heterocycles. The Hall–Kier alpha value is -0.490. The van der Waals surface area contributed by atoms with Crippen molar-refractivity contribution in [1.29, 1.82) is 0 Å². The molecule has 5 nitrogen and oxygen atoms in total. The van der Waals surface area contributed by atoms with Gasteiger partial charge in [-0.2, -0.15) is 0 Å². The maximum Gasteiger partial charge on any atom is 0.151 e. The lowest BCUT2D eigenvalue weighted by molar-refractivity contribution is -0.164. The van der Waals surface area contributed by atoms with Gasteiger partial charge in [-0.15, -0.1) is 0 Å². The minimum Gasteiger partial charge on any atom is -0.393 e. The van der Waals surface area contributed by atoms with E-state index in [0.29, 0.717) is 30.2 Å². The number of rotatable bonds is 5. The van der Waals surface area contributed by atoms with Crippen molar-refractivity contribution in [3.63, 3.8) is 0 Å². The second-order valence-electron chi connectivity index (χ2n) is 12.3. The highest BCUT2D eigenvalue weighted by Crippen LogP contribution is 2.67. The molecule has 4 saturated carbocycles. The summed E-state index contributed by atoms with van der Waals surface area (Å²) < 4.78 is 5.86. The smallest absolute Gasteiger partial charge is 0.151 e. The molecule has 4 aliphatic carbocycles. The average Bonchev–Trinajstić information content (AvgIpc) is 3.46. The molecule has 0 spiro atoms. The van der Waals surface area contributed by atoms with Gasteiger partial charge in [-0.25, -0.2) is 10.0 Å². The molecule has 3 heterocycles. The minimum atomic E-state index is -0.110. The largest absolute Gasteiger partial charge is 0.393 e. The van der Waals surface area contributed by atoms with Gasteiger partial charge in [0.05, 0.1) is 19.3 Å². The highest BCUT2D eigenvalue weighted by atomic mass is 16.5. The zero-order valence-corrected chi connectivity index (χ0v) is 19.6. The lowest BCUT2D eigenvalue weighted by Gasteiger charge is -2.61. The molecular formula is C26H42N2O3. The Labute approximate surface area is 187 Å². The normalized spacial score (nSPS) is 53.4. The lowest BCUT2D eigenvalue weighted by Crippen LogP contribution is -2.59. The Balaban J connectivity index is 1.21. The highest BCUT2D eigenvalue weighted by Gasteiger charge is 2.62. The number of aliphatic hydroxyl groups is 1. The topological polar surface area (TPSA) is 53.0 Å². The van der Waals surface area contributed by atoms with Crippen molar-refractivity contribution < 1.29 is 14.6 Å². The summed E-state index contributed by atoms with van der Waals surface area (Å²) in [5.74, 6) is 3.60. The summed E-state index contributed by atoms with van der Waals surface area (Å²) in [5, 5.41) is 15.1. The first-order valence-electron chi connectivity index (χ1n) is 13.2. The van der Waals surface area contributed by atoms with E-state index in [2.05, 4.69) is 16.9 Å². The molecule has 31 heavy (non-hydrogen) atoms. The zero-order valence-electron chi connectivity index (χ0n) is 19.6. The molecule has 7 aliphatic rings. The van der Waals surface area contributed by atoms with E-state index in [0.717, 1.165) is 50.7 Å². The summed E-state index contributed by atoms with van der Waals surface area (Å²) in [7, 11) is 1.87. The van der Waals surface area contributed by atoms with Gasteiger partial charge in [0.25, 0.3) is 0 Å². The summed E-state index contributed by atoms with van der Waals surface area (Å²) in [4.78, 5) is 13.5. The maximum absolute atomic E-state index is 13.5. The summed E-state index contributed by atoms with van der Waals surface area (Å²) in [6.07, 6.45) is 11.6. The number of fused-ring (bicyclic) bond motifs is 6. The van der Waals surface area contributed by atoms with Gasteiger partial charge in [-0.05, 0) is 98.7 Å². The fraction of sp³-hybridized carbons (Fsp3) is 0.962. The molecule has 0 amide bonds. The molecule has 5 heteroatoms. The maximum atomic E-state index is 13.5. The first kappa shape index (κ1) is 21.1. The Kier molecular flexibility index (Phi) is 5.11. The fourth-order valence-corrected chi connectivity index (χ4v) is 9.94. The number of aliphatic hydroxyl groups excluding tert-OH is 1. The van der Waals surface area contributed by atoms with Crippen LogP contribution in [0.25, 0.3) is 0 Å². The Morgan fingerprint density at radius 3 is 2.68 bits per heavy atom. The Morgan fingerprint density at radius 1 is 1.06 bits per heavy atom. The Morgan fingerprint density at radius 2 is 1.94 bits per heavy atom. The zero-order chi connectivity index (χ0) is 21.4. The van der Waals surface area contributed by atoms with Gasteiger partial charge < -0.3 is 9.84 Å². The van der Waals surface area contributed by atoms with Gasteiger partial charge in [-0.1, -0.05) is 6.92 Å². The second-order valence-corrected chi connectivity index (χ2v) is 12.3. The van der Waals surface area contributed by atoms with Crippen molar-refractivity contribution >= 4 is 5.78 Å². The van der Waals surface area contributed by atoms with Gasteiger partial charge in [0, 0.05) is 32.2 Å². The number of methoxy groups -OCH3 is 1. The van der Waals surface area contributed by atoms with E-state index in [1.54, 1.807) is 0 Å². The van der Waals surface area contributed by atoms with Gasteiger partial charge in [-0.3, -0.25) is 4.79 Å². The van der Waals surface area contributed by atoms with Crippen LogP contribution in [0.2, 0.25) is 0 Å². The van der Waals surface area contributed by atoms with Crippen LogP contribution in [0.15, 0.2) is 0 Å². The molecule has 10 atom stereocenters. The number of carbonyl (C=O) groups excluding carboxylic acids is 1. The third-order valence-corrected chi connectivity index (χ3v) is 11.4. The van der Waals surface area contributed by atoms with E-state index in [1.165, 1.54) is 45.1 Å². The molecule has 7 fully saturated rings. The molecule has 174 valence electrons. The number of hydrogen-bond donors (Lipinski definition) is 1. The number of ether oxygens (including phenoxy) is 1. The van der Waals surface area contributed by atoms with Crippen molar-refractivity contribution in [2.24, 2.45) is 40.4 Å². The number of ketones is 1. The Bertz CT molecular complexity index is 715. The predicted octanol–water partition coefficient (Wildman–Crippen LogP) is 3.51. The van der Waals surface area contributed by atoms with E-state index < -0.39 is 0 Å². The van der Waals surface area contributed by atoms with Crippen LogP contribution in [0.4, 0.5) is 0 Å². The van der Waals surface area contributed by atoms with E-state index >= 15 is 0 Å². The van der Waals surface area contributed by atoms with Crippen LogP contribution in [0.5, 0.6) is 0 Å². The summed E-state index contributed by atoms with van der Waals surface area (Å²) >= 11 is 0. The minimum absolute atomic E-state index is 0.110. The average molecular weight is 431 g/mol. The second kappa shape index (κ2) is 7.51. The van der Waals surface area contributed by atoms with Crippen molar-refractivity contribution in [3.8, 4) is 0 Å². The van der Waals surface area contributed by atoms with Crippen molar-refractivity contribution in [3.05, 3.63) is 0 Å². The molecule has 7 rings (SSSR count). The van der Waals surface area contributed by atoms with Crippen molar-refractivity contribution in [2.75, 3.05) is 33.4 Å². The monoisotopic (exact) mass is 430 g/mol. The van der Waals surface area contributed by atoms with Crippen molar-refractivity contribution in [1.82, 2.24) is 10.0 Å². The third kappa shape index (κ3) is 2.98. The first-order valence-corrected chi connectivity index (χ1v) is 13.2. The molecule has 0 aromatic rings. The van der Waals surface area contributed by atoms with Gasteiger partial charge in [0.15, 0.2) is 5.78 Å². The van der Waals surface area contributed by atoms with Crippen LogP contribution in [0.1, 0.15) is 71.1 Å². The molecule has 0 radical (unpaired) electrons. The molecule has 2 bridgehead atoms. The fourth-order valence-electron chi connectivity index (χ4n) is 9.94. The van der Waals surface area contributed by atoms with Crippen molar-refractivity contribution in [2.45, 2.75) is 83.3 Å². The predicted molar refractivity (Wildman–Crippen MR) is 119 cm³/mol. The summed E-state index contributed by atoms with van der Waals surface area (Å²) in [6.45, 7) is 6.35. The van der Waals surface area contributed by atoms with Gasteiger partial charge in [0.1, 0.15) is 0 Å². The quantitative estimate of drug-likeness (QED) is 0.723. The molecule has 1 N–H and O–H groups in total. The van der Waals surface area contributed by atoms with Crippen LogP contribution < -0.4 is 0 Å². The third-order valence-electron chi connectivity index (χ3n) is 11.4. The number of nitrogens with zero attached hydrogens (tertiary/aromatic N) is 2. The van der Waals surface area contributed by atoms with Gasteiger partial charge in [0.2, 0.25) is 0 Å². The summed E-state index contributed by atoms with van der Waals surface area (Å²) in [5.41, 5.74) is 0.469. The molecule has 2 unspecified atom stereocenters. The molecular weight excluding hydrogens is 388 g/mol. The number of hydrogen-bond acceptors (Lipinski definition) is 5. The van der Waals surface area contributed by atoms with E-state index in [9.17, 15) is 9.90 Å². The number of hydrazine groups is 1. The van der Waals surface area contributed by atoms with Crippen LogP contribution in [-0.4, -0.2) is 66.4 Å². The van der Waals surface area contributed by atoms with Crippen LogP contribution in [0, 0.1) is 40.4 Å². The van der Waals surface area contributed by atoms with Crippen LogP contribution >= 0.6 is 0 Å². The van der Waals surface area contributed by atoms with Gasteiger partial charge >= 0.3 is 0 Å². The van der Waals surface area contributed by atoms with E-state index in [1.807, 2.05) is 7.11 Å². The van der Waals surface area contributed by atoms with Crippen LogP contribution in [0.3, 0.4) is 0 Å². The van der Waals surface area contributed by atoms with E-state index in [-0.39, 0.29) is 22.9 Å². The summed E-state index contributed by atoms with van der Waals surface area (Å²) in [6, 6.07) is 0.649. The standard InChI is InChI=1S/C26H42N2O3/c1-25-10-8-22-20(4-3-17-13-19(29)7-11-26(17,22)16-31-2)21(25)5-6-23(25)24(30)15-28-18-9-12-27(28)14-18/h17-23,29H,3-16H2,1-2H3/t17-,18?,19+,20-,21-,22?,23+,25-,26+/m0/s1. The highest BCUT2D eigenvalue weighted by molar-refractivity contribution is 5.84. The first-order chi connectivity index (χ1) is 15.0. The number of carbonyl (C=O) groups is 1.